The first-order valence-corrected chi connectivity index (χ1v) is 8.25. The minimum atomic E-state index is -0.0606. The summed E-state index contributed by atoms with van der Waals surface area (Å²) < 4.78 is 1.78. The van der Waals surface area contributed by atoms with Crippen molar-refractivity contribution < 1.29 is 4.79 Å². The fraction of sp³-hybridized carbons (Fsp3) is 0.316. The molecule has 0 saturated heterocycles. The number of carbonyl (C=O) groups excluding carboxylic acids is 1. The summed E-state index contributed by atoms with van der Waals surface area (Å²) in [6.07, 6.45) is 0. The number of fused-ring (bicyclic) bond motifs is 3. The summed E-state index contributed by atoms with van der Waals surface area (Å²) in [5.74, 6) is 0. The lowest BCUT2D eigenvalue weighted by molar-refractivity contribution is 0.240. The largest absolute Gasteiger partial charge is 0.336 e. The average Bonchev–Trinajstić information content (AvgIpc) is 2.93. The van der Waals surface area contributed by atoms with Gasteiger partial charge in [-0.1, -0.05) is 50.2 Å². The molecule has 0 aliphatic rings. The molecule has 0 radical (unpaired) electrons. The van der Waals surface area contributed by atoms with Gasteiger partial charge in [-0.25, -0.2) is 4.79 Å². The standard InChI is InChI=1S/C19H23N3O/c1-3-21(4-2)14-13-20-19(23)22-17-11-7-5-9-15(17)16-10-6-8-12-18(16)22/h5-12H,3-4,13-14H2,1-2H3,(H,20,23). The number of benzene rings is 2. The van der Waals surface area contributed by atoms with Gasteiger partial charge < -0.3 is 10.2 Å². The van der Waals surface area contributed by atoms with Crippen LogP contribution in [0.25, 0.3) is 21.8 Å². The van der Waals surface area contributed by atoms with Crippen molar-refractivity contribution in [3.8, 4) is 0 Å². The van der Waals surface area contributed by atoms with E-state index in [0.29, 0.717) is 6.54 Å². The van der Waals surface area contributed by atoms with Crippen molar-refractivity contribution in [1.82, 2.24) is 14.8 Å². The number of aromatic nitrogens is 1. The summed E-state index contributed by atoms with van der Waals surface area (Å²) in [6.45, 7) is 7.80. The number of nitrogens with zero attached hydrogens (tertiary/aromatic N) is 2. The van der Waals surface area contributed by atoms with Gasteiger partial charge in [0.2, 0.25) is 0 Å². The van der Waals surface area contributed by atoms with Crippen LogP contribution < -0.4 is 5.32 Å². The predicted molar refractivity (Wildman–Crippen MR) is 96.0 cm³/mol. The van der Waals surface area contributed by atoms with Crippen LogP contribution in [0.3, 0.4) is 0 Å². The molecule has 1 aromatic heterocycles. The van der Waals surface area contributed by atoms with Gasteiger partial charge in [0, 0.05) is 23.9 Å². The molecule has 0 aliphatic heterocycles. The topological polar surface area (TPSA) is 37.3 Å². The lowest BCUT2D eigenvalue weighted by Crippen LogP contribution is -2.36. The lowest BCUT2D eigenvalue weighted by atomic mass is 10.2. The number of para-hydroxylation sites is 2. The molecule has 4 heteroatoms. The second kappa shape index (κ2) is 6.84. The van der Waals surface area contributed by atoms with Crippen LogP contribution in [-0.4, -0.2) is 41.7 Å². The van der Waals surface area contributed by atoms with Crippen LogP contribution >= 0.6 is 0 Å². The van der Waals surface area contributed by atoms with Crippen molar-refractivity contribution in [2.45, 2.75) is 13.8 Å². The van der Waals surface area contributed by atoms with Gasteiger partial charge in [0.15, 0.2) is 0 Å². The highest BCUT2D eigenvalue weighted by Gasteiger charge is 2.14. The maximum absolute atomic E-state index is 12.7. The quantitative estimate of drug-likeness (QED) is 0.780. The number of hydrogen-bond acceptors (Lipinski definition) is 2. The SMILES string of the molecule is CCN(CC)CCNC(=O)n1c2ccccc2c2ccccc21. The van der Waals surface area contributed by atoms with Gasteiger partial charge in [0.25, 0.3) is 0 Å². The van der Waals surface area contributed by atoms with E-state index in [9.17, 15) is 4.79 Å². The van der Waals surface area contributed by atoms with Crippen LogP contribution in [-0.2, 0) is 0 Å². The van der Waals surface area contributed by atoms with Crippen molar-refractivity contribution in [3.05, 3.63) is 48.5 Å². The highest BCUT2D eigenvalue weighted by atomic mass is 16.2. The van der Waals surface area contributed by atoms with Crippen molar-refractivity contribution in [1.29, 1.82) is 0 Å². The zero-order chi connectivity index (χ0) is 16.2. The summed E-state index contributed by atoms with van der Waals surface area (Å²) in [6, 6.07) is 16.0. The Bertz CT molecular complexity index is 764. The van der Waals surface area contributed by atoms with E-state index in [1.54, 1.807) is 4.57 Å². The predicted octanol–water partition coefficient (Wildman–Crippen LogP) is 3.69. The number of rotatable bonds is 5. The molecule has 0 bridgehead atoms. The molecule has 0 aliphatic carbocycles. The Hall–Kier alpha value is -2.33. The second-order valence-electron chi connectivity index (χ2n) is 5.63. The van der Waals surface area contributed by atoms with Crippen LogP contribution in [0, 0.1) is 0 Å². The van der Waals surface area contributed by atoms with E-state index in [4.69, 9.17) is 0 Å². The van der Waals surface area contributed by atoms with E-state index in [1.807, 2.05) is 36.4 Å². The Balaban J connectivity index is 1.90. The number of hydrogen-bond donors (Lipinski definition) is 1. The monoisotopic (exact) mass is 309 g/mol. The second-order valence-corrected chi connectivity index (χ2v) is 5.63. The van der Waals surface area contributed by atoms with Crippen molar-refractivity contribution in [3.63, 3.8) is 0 Å². The molecule has 1 heterocycles. The van der Waals surface area contributed by atoms with Gasteiger partial charge in [-0.05, 0) is 25.2 Å². The first-order chi connectivity index (χ1) is 11.3. The van der Waals surface area contributed by atoms with E-state index in [2.05, 4.69) is 36.2 Å². The average molecular weight is 309 g/mol. The maximum Gasteiger partial charge on any atom is 0.326 e. The van der Waals surface area contributed by atoms with Gasteiger partial charge in [-0.2, -0.15) is 0 Å². The summed E-state index contributed by atoms with van der Waals surface area (Å²) in [7, 11) is 0. The molecule has 3 rings (SSSR count). The van der Waals surface area contributed by atoms with Crippen LogP contribution in [0.5, 0.6) is 0 Å². The lowest BCUT2D eigenvalue weighted by Gasteiger charge is -2.18. The van der Waals surface area contributed by atoms with E-state index in [1.165, 1.54) is 0 Å². The van der Waals surface area contributed by atoms with Crippen molar-refractivity contribution in [2.75, 3.05) is 26.2 Å². The third-order valence-electron chi connectivity index (χ3n) is 4.38. The third kappa shape index (κ3) is 2.94. The Labute approximate surface area is 136 Å². The van der Waals surface area contributed by atoms with E-state index in [0.717, 1.165) is 41.4 Å². The number of amides is 1. The first kappa shape index (κ1) is 15.6. The van der Waals surface area contributed by atoms with Crippen molar-refractivity contribution >= 4 is 27.8 Å². The normalized spacial score (nSPS) is 11.4. The maximum atomic E-state index is 12.7. The Morgan fingerprint density at radius 2 is 1.48 bits per heavy atom. The summed E-state index contributed by atoms with van der Waals surface area (Å²) >= 11 is 0. The number of nitrogens with one attached hydrogen (secondary N) is 1. The van der Waals surface area contributed by atoms with Crippen LogP contribution in [0.1, 0.15) is 13.8 Å². The van der Waals surface area contributed by atoms with Gasteiger partial charge >= 0.3 is 6.03 Å². The molecule has 0 unspecified atom stereocenters. The minimum Gasteiger partial charge on any atom is -0.336 e. The van der Waals surface area contributed by atoms with Gasteiger partial charge in [-0.3, -0.25) is 4.57 Å². The molecular weight excluding hydrogens is 286 g/mol. The number of carbonyl (C=O) groups is 1. The molecular formula is C19H23N3O. The molecule has 3 aromatic rings. The van der Waals surface area contributed by atoms with E-state index >= 15 is 0 Å². The molecule has 0 saturated carbocycles. The van der Waals surface area contributed by atoms with Crippen molar-refractivity contribution in [2.24, 2.45) is 0 Å². The Kier molecular flexibility index (Phi) is 4.63. The van der Waals surface area contributed by atoms with Crippen LogP contribution in [0.15, 0.2) is 48.5 Å². The number of likely N-dealkylation sites (N-methyl/N-ethyl adjacent to an activating group) is 1. The van der Waals surface area contributed by atoms with Gasteiger partial charge in [-0.15, -0.1) is 0 Å². The highest BCUT2D eigenvalue weighted by Crippen LogP contribution is 2.28. The highest BCUT2D eigenvalue weighted by molar-refractivity contribution is 6.13. The Morgan fingerprint density at radius 1 is 0.957 bits per heavy atom. The van der Waals surface area contributed by atoms with Crippen LogP contribution in [0.4, 0.5) is 4.79 Å². The molecule has 0 fully saturated rings. The smallest absolute Gasteiger partial charge is 0.326 e. The summed E-state index contributed by atoms with van der Waals surface area (Å²) in [5, 5.41) is 5.28. The molecule has 2 aromatic carbocycles. The van der Waals surface area contributed by atoms with Gasteiger partial charge in [0.05, 0.1) is 11.0 Å². The molecule has 0 atom stereocenters. The van der Waals surface area contributed by atoms with Gasteiger partial charge in [0.1, 0.15) is 0 Å². The molecule has 4 nitrogen and oxygen atoms in total. The van der Waals surface area contributed by atoms with E-state index < -0.39 is 0 Å². The van der Waals surface area contributed by atoms with Crippen LogP contribution in [0.2, 0.25) is 0 Å². The molecule has 23 heavy (non-hydrogen) atoms. The molecule has 1 N–H and O–H groups in total. The fourth-order valence-corrected chi connectivity index (χ4v) is 3.08. The molecule has 1 amide bonds. The van der Waals surface area contributed by atoms with E-state index in [-0.39, 0.29) is 6.03 Å². The summed E-state index contributed by atoms with van der Waals surface area (Å²) in [4.78, 5) is 15.0. The Morgan fingerprint density at radius 3 is 2.00 bits per heavy atom. The fourth-order valence-electron chi connectivity index (χ4n) is 3.08. The molecule has 120 valence electrons. The molecule has 0 spiro atoms. The minimum absolute atomic E-state index is 0.0606. The summed E-state index contributed by atoms with van der Waals surface area (Å²) in [5.41, 5.74) is 1.91. The third-order valence-corrected chi connectivity index (χ3v) is 4.38. The first-order valence-electron chi connectivity index (χ1n) is 8.25. The zero-order valence-corrected chi connectivity index (χ0v) is 13.7. The zero-order valence-electron chi connectivity index (χ0n) is 13.7.